The molecular formula is C29H29NS. The van der Waals surface area contributed by atoms with Gasteiger partial charge < -0.3 is 0 Å². The first-order valence-electron chi connectivity index (χ1n) is 11.0. The van der Waals surface area contributed by atoms with Gasteiger partial charge in [-0.1, -0.05) is 94.0 Å². The maximum absolute atomic E-state index is 4.39. The van der Waals surface area contributed by atoms with Crippen LogP contribution in [0.5, 0.6) is 0 Å². The van der Waals surface area contributed by atoms with Crippen molar-refractivity contribution < 1.29 is 4.58 Å². The largest absolute Gasteiger partial charge is 0.257 e. The van der Waals surface area contributed by atoms with Gasteiger partial charge in [-0.05, 0) is 33.4 Å². The molecule has 1 nitrogen and oxygen atoms in total. The van der Waals surface area contributed by atoms with Crippen molar-refractivity contribution in [2.24, 2.45) is 0 Å². The highest BCUT2D eigenvalue weighted by atomic mass is 32.1. The van der Waals surface area contributed by atoms with Gasteiger partial charge in [-0.2, -0.15) is 0 Å². The van der Waals surface area contributed by atoms with Gasteiger partial charge in [-0.25, -0.2) is 0 Å². The fourth-order valence-corrected chi connectivity index (χ4v) is 6.09. The topological polar surface area (TPSA) is 3.01 Å². The second kappa shape index (κ2) is 7.10. The Balaban J connectivity index is 1.81. The van der Waals surface area contributed by atoms with Crippen LogP contribution in [-0.4, -0.2) is 11.3 Å². The molecule has 2 heteroatoms. The number of thiophene rings is 1. The van der Waals surface area contributed by atoms with Crippen molar-refractivity contribution in [3.63, 3.8) is 0 Å². The number of benzene rings is 3. The molecule has 1 aliphatic rings. The fourth-order valence-electron chi connectivity index (χ4n) is 4.76. The zero-order valence-corrected chi connectivity index (χ0v) is 19.9. The molecule has 0 saturated heterocycles. The van der Waals surface area contributed by atoms with Gasteiger partial charge in [-0.15, -0.1) is 17.7 Å². The molecule has 0 amide bonds. The van der Waals surface area contributed by atoms with Crippen LogP contribution in [-0.2, 0) is 11.8 Å². The van der Waals surface area contributed by atoms with Crippen LogP contribution in [0.4, 0.5) is 0 Å². The van der Waals surface area contributed by atoms with Gasteiger partial charge in [0, 0.05) is 0 Å². The SMILES string of the molecule is C=[N+]1C=Cc2c([s+][c-]3cc(CC)ccc23)[C-]1c1cc(C(C)(C)C)c2ccccc2c1C. The van der Waals surface area contributed by atoms with Crippen LogP contribution in [0.3, 0.4) is 0 Å². The van der Waals surface area contributed by atoms with E-state index >= 15 is 0 Å². The second-order valence-corrected chi connectivity index (χ2v) is 10.6. The van der Waals surface area contributed by atoms with Crippen LogP contribution in [0, 0.1) is 13.0 Å². The van der Waals surface area contributed by atoms with Crippen LogP contribution >= 0.6 is 11.3 Å². The lowest BCUT2D eigenvalue weighted by Crippen LogP contribution is -2.20. The molecule has 0 N–H and O–H groups in total. The Morgan fingerprint density at radius 2 is 1.81 bits per heavy atom. The van der Waals surface area contributed by atoms with E-state index in [-0.39, 0.29) is 5.41 Å². The zero-order valence-electron chi connectivity index (χ0n) is 19.0. The molecule has 2 heterocycles. The first-order valence-corrected chi connectivity index (χ1v) is 11.8. The molecule has 156 valence electrons. The number of nitrogens with zero attached hydrogens (tertiary/aromatic N) is 1. The smallest absolute Gasteiger partial charge is 0.197 e. The van der Waals surface area contributed by atoms with E-state index in [4.69, 9.17) is 0 Å². The van der Waals surface area contributed by atoms with Gasteiger partial charge in [0.1, 0.15) is 17.5 Å². The summed E-state index contributed by atoms with van der Waals surface area (Å²) in [4.78, 5) is 1.32. The molecule has 0 unspecified atom stereocenters. The van der Waals surface area contributed by atoms with Gasteiger partial charge in [0.2, 0.25) is 0 Å². The quantitative estimate of drug-likeness (QED) is 0.175. The lowest BCUT2D eigenvalue weighted by Gasteiger charge is -2.28. The summed E-state index contributed by atoms with van der Waals surface area (Å²) in [6, 6.07) is 19.3. The lowest BCUT2D eigenvalue weighted by molar-refractivity contribution is -0.417. The Morgan fingerprint density at radius 1 is 1.06 bits per heavy atom. The highest BCUT2D eigenvalue weighted by Crippen LogP contribution is 2.45. The first kappa shape index (κ1) is 20.1. The highest BCUT2D eigenvalue weighted by molar-refractivity contribution is 7.19. The minimum absolute atomic E-state index is 0.0537. The highest BCUT2D eigenvalue weighted by Gasteiger charge is 2.34. The normalized spacial score (nSPS) is 14.0. The molecule has 1 aliphatic heterocycles. The van der Waals surface area contributed by atoms with Gasteiger partial charge in [0.15, 0.2) is 15.6 Å². The summed E-state index contributed by atoms with van der Waals surface area (Å²) in [5.74, 6) is 0. The van der Waals surface area contributed by atoms with Crippen LogP contribution in [0.25, 0.3) is 26.9 Å². The molecular weight excluding hydrogens is 394 g/mol. The van der Waals surface area contributed by atoms with Crippen molar-refractivity contribution >= 4 is 45.0 Å². The Labute approximate surface area is 189 Å². The Bertz CT molecular complexity index is 1380. The molecule has 0 aliphatic carbocycles. The van der Waals surface area contributed by atoms with Crippen molar-refractivity contribution in [3.05, 3.63) is 93.5 Å². The van der Waals surface area contributed by atoms with E-state index in [9.17, 15) is 0 Å². The molecule has 31 heavy (non-hydrogen) atoms. The standard InChI is InChI=1S/C29H29NS/c1-7-19-12-13-22-23-14-15-30(6)27(28(23)31-26(22)16-19)24-17-25(29(3,4)5)21-11-9-8-10-20(21)18(24)2/h8-17H,6-7H2,1-5H3. The summed E-state index contributed by atoms with van der Waals surface area (Å²) in [7, 11) is 0. The Morgan fingerprint density at radius 3 is 2.52 bits per heavy atom. The molecule has 0 radical (unpaired) electrons. The monoisotopic (exact) mass is 423 g/mol. The van der Waals surface area contributed by atoms with Crippen molar-refractivity contribution in [2.45, 2.75) is 46.5 Å². The molecule has 0 bridgehead atoms. The summed E-state index contributed by atoms with van der Waals surface area (Å²) < 4.78 is 3.42. The summed E-state index contributed by atoms with van der Waals surface area (Å²) in [5.41, 5.74) is 6.75. The van der Waals surface area contributed by atoms with E-state index < -0.39 is 0 Å². The van der Waals surface area contributed by atoms with Crippen LogP contribution < -0.4 is 0 Å². The predicted molar refractivity (Wildman–Crippen MR) is 136 cm³/mol. The van der Waals surface area contributed by atoms with Crippen LogP contribution in [0.1, 0.15) is 60.4 Å². The third-order valence-electron chi connectivity index (χ3n) is 6.50. The predicted octanol–water partition coefficient (Wildman–Crippen LogP) is 7.85. The van der Waals surface area contributed by atoms with Crippen molar-refractivity contribution in [1.29, 1.82) is 0 Å². The van der Waals surface area contributed by atoms with Gasteiger partial charge in [0.05, 0.1) is 6.72 Å². The van der Waals surface area contributed by atoms with Crippen molar-refractivity contribution in [3.8, 4) is 0 Å². The molecule has 1 aromatic heterocycles. The third-order valence-corrected chi connectivity index (χ3v) is 7.68. The van der Waals surface area contributed by atoms with E-state index in [0.29, 0.717) is 0 Å². The van der Waals surface area contributed by atoms with Crippen molar-refractivity contribution in [1.82, 2.24) is 0 Å². The number of hydrogen-bond donors (Lipinski definition) is 0. The molecule has 0 saturated carbocycles. The van der Waals surface area contributed by atoms with Gasteiger partial charge in [0.25, 0.3) is 0 Å². The lowest BCUT2D eigenvalue weighted by atomic mass is 9.79. The second-order valence-electron chi connectivity index (χ2n) is 9.56. The third kappa shape index (κ3) is 3.13. The molecule has 0 fully saturated rings. The van der Waals surface area contributed by atoms with Crippen molar-refractivity contribution in [2.75, 3.05) is 0 Å². The van der Waals surface area contributed by atoms with Crippen LogP contribution in [0.15, 0.2) is 54.7 Å². The Hall–Kier alpha value is -2.84. The van der Waals surface area contributed by atoms with Gasteiger partial charge >= 0.3 is 0 Å². The maximum Gasteiger partial charge on any atom is 0.197 e. The molecule has 3 aromatic carbocycles. The number of aryl methyl sites for hydroxylation is 2. The average molecular weight is 424 g/mol. The molecule has 5 rings (SSSR count). The minimum atomic E-state index is 0.0537. The summed E-state index contributed by atoms with van der Waals surface area (Å²) in [6.45, 7) is 15.8. The van der Waals surface area contributed by atoms with E-state index in [1.165, 1.54) is 59.6 Å². The molecule has 0 spiro atoms. The van der Waals surface area contributed by atoms with E-state index in [0.717, 1.165) is 6.42 Å². The molecule has 0 atom stereocenters. The summed E-state index contributed by atoms with van der Waals surface area (Å²) >= 11 is 1.89. The van der Waals surface area contributed by atoms with E-state index in [1.807, 2.05) is 11.3 Å². The first-order chi connectivity index (χ1) is 14.8. The van der Waals surface area contributed by atoms with Crippen LogP contribution in [0.2, 0.25) is 0 Å². The van der Waals surface area contributed by atoms with E-state index in [1.54, 1.807) is 0 Å². The average Bonchev–Trinajstić information content (AvgIpc) is 3.11. The summed E-state index contributed by atoms with van der Waals surface area (Å²) in [6.07, 6.45) is 5.39. The molecule has 4 aromatic rings. The maximum atomic E-state index is 4.39. The number of rotatable bonds is 2. The minimum Gasteiger partial charge on any atom is -0.257 e. The van der Waals surface area contributed by atoms with E-state index in [2.05, 4.69) is 107 Å². The summed E-state index contributed by atoms with van der Waals surface area (Å²) in [5, 5.41) is 4.02. The Kier molecular flexibility index (Phi) is 4.60. The fraction of sp³-hybridized carbons (Fsp3) is 0.241. The number of fused-ring (bicyclic) bond motifs is 4. The van der Waals surface area contributed by atoms with Gasteiger partial charge in [-0.3, -0.25) is 4.58 Å². The zero-order chi connectivity index (χ0) is 21.9. The number of hydrogen-bond acceptors (Lipinski definition) is 0.